The lowest BCUT2D eigenvalue weighted by atomic mass is 9.81. The van der Waals surface area contributed by atoms with Crippen LogP contribution in [0.25, 0.3) is 229 Å². The summed E-state index contributed by atoms with van der Waals surface area (Å²) >= 11 is 17.9. The van der Waals surface area contributed by atoms with E-state index in [0.717, 1.165) is 100 Å². The molecular weight excluding hydrogens is 1880 g/mol. The van der Waals surface area contributed by atoms with Crippen LogP contribution in [0.15, 0.2) is 510 Å². The van der Waals surface area contributed by atoms with Crippen LogP contribution < -0.4 is 5.46 Å². The molecule has 0 aliphatic carbocycles. The summed E-state index contributed by atoms with van der Waals surface area (Å²) in [6.45, 7) is 0. The Bertz CT molecular complexity index is 9420. The molecule has 19 heteroatoms. The van der Waals surface area contributed by atoms with Gasteiger partial charge in [-0.1, -0.05) is 405 Å². The number of nitrogens with zero attached hydrogens (tertiary/aromatic N) is 12. The molecule has 0 amide bonds. The van der Waals surface area contributed by atoms with Crippen LogP contribution in [-0.2, 0) is 0 Å². The smallest absolute Gasteiger partial charge is 0.423 e. The lowest BCUT2D eigenvalue weighted by Crippen LogP contribution is -2.29. The molecule has 0 bridgehead atoms. The highest BCUT2D eigenvalue weighted by atomic mass is 35.5. The van der Waals surface area contributed by atoms with Crippen molar-refractivity contribution in [1.82, 2.24) is 63.5 Å². The Kier molecular flexibility index (Phi) is 26.6. The molecule has 27 rings (SSSR count). The Morgan fingerprint density at radius 3 is 0.811 bits per heavy atom. The minimum absolute atomic E-state index is 0.189. The number of hydrogen-bond donors (Lipinski definition) is 3. The maximum atomic E-state index is 8.65. The van der Waals surface area contributed by atoms with Gasteiger partial charge in [0.15, 0.2) is 46.6 Å². The van der Waals surface area contributed by atoms with Crippen molar-refractivity contribution in [2.24, 2.45) is 0 Å². The minimum Gasteiger partial charge on any atom is -0.423 e. The fraction of sp³-hybridized carbons (Fsp3) is 0. The first-order chi connectivity index (χ1) is 72.9. The molecule has 15 nitrogen and oxygen atoms in total. The average molecular weight is 1970 g/mol. The Labute approximate surface area is 868 Å². The Morgan fingerprint density at radius 1 is 0.176 bits per heavy atom. The summed E-state index contributed by atoms with van der Waals surface area (Å²) in [5.41, 5.74) is 27.4. The molecule has 0 spiro atoms. The third-order valence-electron chi connectivity index (χ3n) is 26.1. The zero-order valence-electron chi connectivity index (χ0n) is 79.5. The molecule has 7 heterocycles. The van der Waals surface area contributed by atoms with Gasteiger partial charge < -0.3 is 28.7 Å². The van der Waals surface area contributed by atoms with Gasteiger partial charge >= 0.3 is 7.12 Å². The van der Waals surface area contributed by atoms with E-state index in [-0.39, 0.29) is 5.28 Å². The first kappa shape index (κ1) is 93.2. The molecule has 20 aromatic carbocycles. The Morgan fingerprint density at radius 2 is 0.432 bits per heavy atom. The lowest BCUT2D eigenvalue weighted by Gasteiger charge is -2.12. The van der Waals surface area contributed by atoms with Crippen LogP contribution in [0.4, 0.5) is 0 Å². The van der Waals surface area contributed by atoms with Gasteiger partial charge in [-0.15, -0.1) is 0 Å². The molecule has 27 aromatic rings. The zero-order chi connectivity index (χ0) is 99.8. The number of H-pyrrole nitrogens is 1. The van der Waals surface area contributed by atoms with Crippen molar-refractivity contribution < 1.29 is 10.0 Å². The van der Waals surface area contributed by atoms with E-state index in [1.165, 1.54) is 87.9 Å². The van der Waals surface area contributed by atoms with Crippen molar-refractivity contribution in [2.45, 2.75) is 0 Å². The molecule has 0 fully saturated rings. The quantitative estimate of drug-likeness (QED) is 0.0829. The van der Waals surface area contributed by atoms with Gasteiger partial charge in [0.05, 0.1) is 33.1 Å². The van der Waals surface area contributed by atoms with Gasteiger partial charge in [-0.3, -0.25) is 0 Å². The Balaban J connectivity index is 0.000000111. The van der Waals surface area contributed by atoms with Gasteiger partial charge in [-0.25, -0.2) is 34.9 Å². The number of aromatic nitrogens is 13. The summed E-state index contributed by atoms with van der Waals surface area (Å²) in [5.74, 6) is 4.87. The van der Waals surface area contributed by atoms with E-state index in [9.17, 15) is 0 Å². The fourth-order valence-electron chi connectivity index (χ4n) is 19.1. The molecule has 0 radical (unpaired) electrons. The van der Waals surface area contributed by atoms with Crippen molar-refractivity contribution in [3.8, 4) is 142 Å². The van der Waals surface area contributed by atoms with Gasteiger partial charge in [-0.2, -0.15) is 9.97 Å². The third-order valence-corrected chi connectivity index (χ3v) is 26.7. The standard InChI is InChI=1S/C51H33N5.C27H18ClN3.C24H16N2.C21H14ClN3.C6H6BClO2/c1-3-15-34(16-4-1)36-19-13-20-37(31-36)50-52-49(35-17-5-2-6-18-35)53-51(54-50)38-21-14-22-39(32-38)55-47-28-12-9-25-43(47)44-33-40(29-30-48(44)55)56-45-26-10-7-23-41(45)42-24-8-11-27-46(42)56;28-24-16-8-15-23(18-24)27-30-25(20-11-5-2-6-12-20)29-26(31-27)22-14-7-13-21(17-22)19-9-3-1-4-10-19;1-4-10-21-17(7-1)20-15-16(13-14-22(20)25-21)26-23-11-5-2-8-18(23)19-9-3-6-12-24(19)26;22-21-24-19(16-10-5-2-6-11-16)23-20(25-21)18-13-7-12-17(14-18)15-8-3-1-4-9-15;8-6-3-1-2-5(4-6)7(9)10/h1-33H;1-18H;1-15,25H;1-14H;1-4,9-10H. The first-order valence-electron chi connectivity index (χ1n) is 48.5. The maximum Gasteiger partial charge on any atom is 0.488 e. The SMILES string of the molecule is Clc1cccc(-c2nc(-c3ccccc3)nc(-c3cccc(-c4ccccc4)c3)n2)c1.Clc1nc(-c2ccccc2)nc(-c2cccc(-c3ccccc3)c2)n1.OB(O)c1cccc(Cl)c1.c1ccc(-c2cccc(-c3nc(-c4ccccc4)nc(-c4cccc(-n5c6ccccc6c6cc(-n7c8ccccc8c8ccccc87)ccc65)c4)n3)c2)cc1.c1ccc2c(c1)[nH]c1ccc(-n3c4ccccc4c4ccccc43)cc12. The largest absolute Gasteiger partial charge is 0.488 e. The van der Waals surface area contributed by atoms with Crippen molar-refractivity contribution in [2.75, 3.05) is 0 Å². The number of fused-ring (bicyclic) bond motifs is 12. The van der Waals surface area contributed by atoms with Crippen molar-refractivity contribution in [1.29, 1.82) is 0 Å². The van der Waals surface area contributed by atoms with Crippen LogP contribution in [0.5, 0.6) is 0 Å². The number of aromatic amines is 1. The van der Waals surface area contributed by atoms with E-state index < -0.39 is 7.12 Å². The third kappa shape index (κ3) is 19.7. The van der Waals surface area contributed by atoms with Gasteiger partial charge in [0.25, 0.3) is 0 Å². The molecular formula is C129H87BCl3N13O2. The van der Waals surface area contributed by atoms with E-state index in [1.807, 2.05) is 182 Å². The van der Waals surface area contributed by atoms with E-state index in [1.54, 1.807) is 18.2 Å². The van der Waals surface area contributed by atoms with Crippen LogP contribution >= 0.6 is 34.8 Å². The predicted molar refractivity (Wildman–Crippen MR) is 609 cm³/mol. The second kappa shape index (κ2) is 42.2. The van der Waals surface area contributed by atoms with Crippen LogP contribution in [0.3, 0.4) is 0 Å². The average Bonchev–Trinajstić information content (AvgIpc) is 1.57. The van der Waals surface area contributed by atoms with Gasteiger partial charge in [0, 0.05) is 126 Å². The number of hydrogen-bond acceptors (Lipinski definition) is 11. The topological polar surface area (TPSA) is 187 Å². The fourth-order valence-corrected chi connectivity index (χ4v) is 19.7. The lowest BCUT2D eigenvalue weighted by molar-refractivity contribution is 0.426. The van der Waals surface area contributed by atoms with Crippen molar-refractivity contribution in [3.05, 3.63) is 525 Å². The molecule has 0 saturated carbocycles. The zero-order valence-corrected chi connectivity index (χ0v) is 81.7. The van der Waals surface area contributed by atoms with Crippen molar-refractivity contribution >= 4 is 135 Å². The summed E-state index contributed by atoms with van der Waals surface area (Å²) in [4.78, 5) is 46.3. The van der Waals surface area contributed by atoms with E-state index in [0.29, 0.717) is 62.1 Å². The van der Waals surface area contributed by atoms with Crippen LogP contribution in [0.1, 0.15) is 0 Å². The summed E-state index contributed by atoms with van der Waals surface area (Å²) in [5, 5.41) is 28.6. The number of rotatable bonds is 15. The second-order valence-corrected chi connectivity index (χ2v) is 36.7. The molecule has 0 atom stereocenters. The number of benzene rings is 20. The summed E-state index contributed by atoms with van der Waals surface area (Å²) in [7, 11) is -1.43. The summed E-state index contributed by atoms with van der Waals surface area (Å²) in [6.07, 6.45) is 0. The highest BCUT2D eigenvalue weighted by Gasteiger charge is 2.23. The maximum absolute atomic E-state index is 8.65. The van der Waals surface area contributed by atoms with Gasteiger partial charge in [0.2, 0.25) is 5.28 Å². The second-order valence-electron chi connectivity index (χ2n) is 35.5. The highest BCUT2D eigenvalue weighted by Crippen LogP contribution is 2.42. The van der Waals surface area contributed by atoms with Crippen LogP contribution in [0, 0.1) is 0 Å². The molecule has 704 valence electrons. The van der Waals surface area contributed by atoms with E-state index >= 15 is 0 Å². The summed E-state index contributed by atoms with van der Waals surface area (Å²) in [6, 6.07) is 173. The van der Waals surface area contributed by atoms with Crippen LogP contribution in [-0.4, -0.2) is 80.7 Å². The number of nitrogens with one attached hydrogen (secondary N) is 1. The molecule has 3 N–H and O–H groups in total. The van der Waals surface area contributed by atoms with E-state index in [2.05, 4.69) is 337 Å². The molecule has 0 aliphatic heterocycles. The number of halogens is 3. The monoisotopic (exact) mass is 1970 g/mol. The first-order valence-corrected chi connectivity index (χ1v) is 49.6. The minimum atomic E-state index is -1.43. The molecule has 0 unspecified atom stereocenters. The molecule has 7 aromatic heterocycles. The molecule has 0 saturated heterocycles. The number of para-hydroxylation sites is 6. The normalized spacial score (nSPS) is 11.1. The van der Waals surface area contributed by atoms with E-state index in [4.69, 9.17) is 74.8 Å². The van der Waals surface area contributed by atoms with Crippen LogP contribution in [0.2, 0.25) is 15.3 Å². The Hall–Kier alpha value is -18.5. The highest BCUT2D eigenvalue weighted by molar-refractivity contribution is 6.59. The predicted octanol–water partition coefficient (Wildman–Crippen LogP) is 31.9. The van der Waals surface area contributed by atoms with Crippen molar-refractivity contribution in [3.63, 3.8) is 0 Å². The molecule has 0 aliphatic rings. The van der Waals surface area contributed by atoms with Gasteiger partial charge in [0.1, 0.15) is 0 Å². The molecule has 148 heavy (non-hydrogen) atoms. The van der Waals surface area contributed by atoms with Gasteiger partial charge in [-0.05, 0) is 178 Å². The summed E-state index contributed by atoms with van der Waals surface area (Å²) < 4.78 is 7.11.